The highest BCUT2D eigenvalue weighted by atomic mass is 16.6. The quantitative estimate of drug-likeness (QED) is 0.296. The van der Waals surface area contributed by atoms with E-state index in [1.165, 1.54) is 6.40 Å². The molecule has 0 radical (unpaired) electrons. The second-order valence-corrected chi connectivity index (χ2v) is 1.12. The van der Waals surface area contributed by atoms with E-state index >= 15 is 0 Å². The summed E-state index contributed by atoms with van der Waals surface area (Å²) < 4.78 is 5.31. The van der Waals surface area contributed by atoms with E-state index in [0.29, 0.717) is 13.2 Å². The van der Waals surface area contributed by atoms with Crippen LogP contribution in [-0.2, 0) is 4.74 Å². The van der Waals surface area contributed by atoms with Crippen molar-refractivity contribution in [1.82, 2.24) is 0 Å². The summed E-state index contributed by atoms with van der Waals surface area (Å²) in [6, 6.07) is 0. The average molecular weight is 87.1 g/mol. The molecule has 0 amide bonds. The average Bonchev–Trinajstić information content (AvgIpc) is 1.86. The molecule has 1 rings (SSSR count). The van der Waals surface area contributed by atoms with Crippen LogP contribution in [0.2, 0.25) is 0 Å². The normalized spacial score (nSPS) is 19.7. The van der Waals surface area contributed by atoms with Crippen LogP contribution in [0.5, 0.6) is 0 Å². The Morgan fingerprint density at radius 3 is 2.83 bits per heavy atom. The van der Waals surface area contributed by atoms with E-state index in [9.17, 15) is 5.21 Å². The van der Waals surface area contributed by atoms with Gasteiger partial charge in [0, 0.05) is 0 Å². The Bertz CT molecular complexity index is 78.9. The molecule has 0 aromatic rings. The second-order valence-electron chi connectivity index (χ2n) is 1.12. The van der Waals surface area contributed by atoms with Crippen LogP contribution < -0.4 is 0 Å². The highest BCUT2D eigenvalue weighted by Crippen LogP contribution is 1.79. The summed E-state index contributed by atoms with van der Waals surface area (Å²) in [7, 11) is 0. The summed E-state index contributed by atoms with van der Waals surface area (Å²) in [6.45, 7) is 1.03. The summed E-state index contributed by atoms with van der Waals surface area (Å²) in [6.07, 6.45) is 1.18. The molecule has 0 unspecified atom stereocenters. The van der Waals surface area contributed by atoms with E-state index in [-0.39, 0.29) is 0 Å². The first-order chi connectivity index (χ1) is 2.89. The molecule has 1 aliphatic heterocycles. The standard InChI is InChI=1S/C3H5NO2/c5-4-1-2-6-3-4/h3H,1-2H2. The van der Waals surface area contributed by atoms with Gasteiger partial charge in [-0.05, 0) is 0 Å². The summed E-state index contributed by atoms with van der Waals surface area (Å²) >= 11 is 0. The van der Waals surface area contributed by atoms with Gasteiger partial charge >= 0.3 is 6.40 Å². The van der Waals surface area contributed by atoms with E-state index in [1.807, 2.05) is 0 Å². The van der Waals surface area contributed by atoms with Crippen molar-refractivity contribution >= 4 is 6.40 Å². The highest BCUT2D eigenvalue weighted by Gasteiger charge is 2.00. The lowest BCUT2D eigenvalue weighted by molar-refractivity contribution is -0.441. The fraction of sp³-hybridized carbons (Fsp3) is 0.667. The van der Waals surface area contributed by atoms with Gasteiger partial charge in [-0.1, -0.05) is 0 Å². The van der Waals surface area contributed by atoms with Crippen LogP contribution in [0.25, 0.3) is 0 Å². The highest BCUT2D eigenvalue weighted by molar-refractivity contribution is 5.40. The molecule has 0 fully saturated rings. The van der Waals surface area contributed by atoms with E-state index in [1.54, 1.807) is 0 Å². The van der Waals surface area contributed by atoms with E-state index in [4.69, 9.17) is 0 Å². The van der Waals surface area contributed by atoms with Crippen LogP contribution in [0, 0.1) is 5.21 Å². The van der Waals surface area contributed by atoms with Gasteiger partial charge in [0.05, 0.1) is 0 Å². The Kier molecular flexibility index (Phi) is 0.670. The molecule has 0 aliphatic carbocycles. The van der Waals surface area contributed by atoms with Crippen molar-refractivity contribution in [3.8, 4) is 0 Å². The fourth-order valence-electron chi connectivity index (χ4n) is 0.331. The van der Waals surface area contributed by atoms with Gasteiger partial charge in [-0.25, -0.2) is 0 Å². The third-order valence-electron chi connectivity index (χ3n) is 0.622. The summed E-state index contributed by atoms with van der Waals surface area (Å²) in [4.78, 5) is 0. The van der Waals surface area contributed by atoms with Gasteiger partial charge in [0.1, 0.15) is 0 Å². The largest absolute Gasteiger partial charge is 0.621 e. The summed E-state index contributed by atoms with van der Waals surface area (Å²) in [5, 5.41) is 9.98. The molecule has 1 aliphatic rings. The molecule has 34 valence electrons. The molecule has 0 atom stereocenters. The third kappa shape index (κ3) is 0.429. The molecule has 0 bridgehead atoms. The van der Waals surface area contributed by atoms with Gasteiger partial charge in [0.2, 0.25) is 0 Å². The minimum atomic E-state index is 0.486. The monoisotopic (exact) mass is 87.0 g/mol. The number of nitrogens with zero attached hydrogens (tertiary/aromatic N) is 1. The van der Waals surface area contributed by atoms with Crippen LogP contribution >= 0.6 is 0 Å². The molecule has 0 saturated carbocycles. The molecular weight excluding hydrogens is 82.0 g/mol. The maximum atomic E-state index is 9.98. The van der Waals surface area contributed by atoms with Gasteiger partial charge in [-0.2, -0.15) is 4.74 Å². The number of ether oxygens (including phenoxy) is 1. The van der Waals surface area contributed by atoms with Crippen LogP contribution in [0.1, 0.15) is 0 Å². The summed E-state index contributed by atoms with van der Waals surface area (Å²) in [5.74, 6) is 0. The Labute approximate surface area is 35.4 Å². The van der Waals surface area contributed by atoms with Crippen molar-refractivity contribution in [2.24, 2.45) is 0 Å². The van der Waals surface area contributed by atoms with E-state index < -0.39 is 0 Å². The molecule has 0 saturated heterocycles. The lowest BCUT2D eigenvalue weighted by atomic mass is 10.7. The number of hydroxylamine groups is 1. The van der Waals surface area contributed by atoms with Crippen LogP contribution in [0.15, 0.2) is 0 Å². The van der Waals surface area contributed by atoms with Crippen LogP contribution in [0.4, 0.5) is 0 Å². The lowest BCUT2D eigenvalue weighted by Crippen LogP contribution is -1.97. The van der Waals surface area contributed by atoms with Crippen molar-refractivity contribution in [3.05, 3.63) is 5.21 Å². The number of hydrogen-bond acceptors (Lipinski definition) is 2. The zero-order valence-corrected chi connectivity index (χ0v) is 3.26. The number of rotatable bonds is 0. The molecule has 3 nitrogen and oxygen atoms in total. The minimum absolute atomic E-state index is 0.486. The van der Waals surface area contributed by atoms with Gasteiger partial charge in [0.15, 0.2) is 13.2 Å². The first-order valence-corrected chi connectivity index (χ1v) is 1.78. The number of hydrogen-bond donors (Lipinski definition) is 0. The smallest absolute Gasteiger partial charge is 0.335 e. The topological polar surface area (TPSA) is 35.3 Å². The molecule has 0 aromatic heterocycles. The van der Waals surface area contributed by atoms with Crippen molar-refractivity contribution < 1.29 is 9.48 Å². The van der Waals surface area contributed by atoms with Crippen molar-refractivity contribution in [1.29, 1.82) is 0 Å². The van der Waals surface area contributed by atoms with E-state index in [2.05, 4.69) is 4.74 Å². The fourth-order valence-corrected chi connectivity index (χ4v) is 0.331. The van der Waals surface area contributed by atoms with Gasteiger partial charge in [-0.3, -0.25) is 0 Å². The molecule has 3 heteroatoms. The maximum Gasteiger partial charge on any atom is 0.335 e. The minimum Gasteiger partial charge on any atom is -0.621 e. The molecule has 0 N–H and O–H groups in total. The van der Waals surface area contributed by atoms with Crippen LogP contribution in [-0.4, -0.2) is 24.3 Å². The Balaban J connectivity index is 2.45. The first kappa shape index (κ1) is 3.46. The zero-order valence-electron chi connectivity index (χ0n) is 3.26. The molecule has 6 heavy (non-hydrogen) atoms. The predicted molar refractivity (Wildman–Crippen MR) is 20.5 cm³/mol. The molecule has 0 aromatic carbocycles. The van der Waals surface area contributed by atoms with Gasteiger partial charge < -0.3 is 9.94 Å². The first-order valence-electron chi connectivity index (χ1n) is 1.78. The Hall–Kier alpha value is -0.730. The lowest BCUT2D eigenvalue weighted by Gasteiger charge is -1.86. The third-order valence-corrected chi connectivity index (χ3v) is 0.622. The Morgan fingerprint density at radius 2 is 2.67 bits per heavy atom. The Morgan fingerprint density at radius 1 is 1.83 bits per heavy atom. The van der Waals surface area contributed by atoms with Crippen molar-refractivity contribution in [3.63, 3.8) is 0 Å². The molecular formula is C3H5NO2. The predicted octanol–water partition coefficient (Wildman–Crippen LogP) is -0.445. The molecule has 0 spiro atoms. The van der Waals surface area contributed by atoms with Crippen molar-refractivity contribution in [2.75, 3.05) is 13.2 Å². The SMILES string of the molecule is [O-][N+]1=COCC1. The molecule has 1 heterocycles. The van der Waals surface area contributed by atoms with Crippen LogP contribution in [0.3, 0.4) is 0 Å². The van der Waals surface area contributed by atoms with Gasteiger partial charge in [0.25, 0.3) is 0 Å². The van der Waals surface area contributed by atoms with Crippen molar-refractivity contribution in [2.45, 2.75) is 0 Å². The summed E-state index contributed by atoms with van der Waals surface area (Å²) in [5.41, 5.74) is 0. The maximum absolute atomic E-state index is 9.98. The van der Waals surface area contributed by atoms with E-state index in [0.717, 1.165) is 4.74 Å². The second kappa shape index (κ2) is 1.16. The zero-order chi connectivity index (χ0) is 4.41. The van der Waals surface area contributed by atoms with Gasteiger partial charge in [-0.15, -0.1) is 0 Å².